The molecule has 2 aliphatic rings. The van der Waals surface area contributed by atoms with Gasteiger partial charge in [0.2, 0.25) is 15.9 Å². The van der Waals surface area contributed by atoms with Crippen molar-refractivity contribution in [3.8, 4) is 0 Å². The Labute approximate surface area is 152 Å². The summed E-state index contributed by atoms with van der Waals surface area (Å²) in [5, 5.41) is -0.213. The van der Waals surface area contributed by atoms with E-state index in [4.69, 9.17) is 5.73 Å². The number of rotatable bonds is 8. The second-order valence-corrected chi connectivity index (χ2v) is 8.88. The van der Waals surface area contributed by atoms with Gasteiger partial charge in [0.05, 0.1) is 11.3 Å². The molecule has 3 N–H and O–H groups in total. The zero-order chi connectivity index (χ0) is 16.7. The number of hydrogen-bond acceptors (Lipinski definition) is 4. The molecule has 1 aliphatic heterocycles. The highest BCUT2D eigenvalue weighted by Gasteiger charge is 2.26. The van der Waals surface area contributed by atoms with Crippen LogP contribution < -0.4 is 10.5 Å². The average Bonchev–Trinajstić information content (AvgIpc) is 3.09. The van der Waals surface area contributed by atoms with Crippen LogP contribution in [0, 0.1) is 0 Å². The summed E-state index contributed by atoms with van der Waals surface area (Å²) >= 11 is 0. The fourth-order valence-corrected chi connectivity index (χ4v) is 5.11. The Morgan fingerprint density at radius 1 is 1.08 bits per heavy atom. The van der Waals surface area contributed by atoms with Gasteiger partial charge < -0.3 is 10.6 Å². The van der Waals surface area contributed by atoms with Crippen molar-refractivity contribution in [1.29, 1.82) is 0 Å². The van der Waals surface area contributed by atoms with E-state index < -0.39 is 16.1 Å². The Balaban J connectivity index is 0.00000288. The van der Waals surface area contributed by atoms with Crippen LogP contribution in [0.5, 0.6) is 0 Å². The maximum Gasteiger partial charge on any atom is 0.239 e. The molecule has 2 fully saturated rings. The standard InChI is InChI=1S/C16H31N3O3S.ClH/c17-15(16(20)19-12-6-7-13-19)10-4-5-11-18-23(21,22)14-8-2-1-3-9-14;/h14-15,18H,1-13,17H2;1H. The SMILES string of the molecule is Cl.NC(CCCCNS(=O)(=O)C1CCCCC1)C(=O)N1CCCC1. The highest BCUT2D eigenvalue weighted by Crippen LogP contribution is 2.23. The normalized spacial score (nSPS) is 20.6. The minimum Gasteiger partial charge on any atom is -0.341 e. The van der Waals surface area contributed by atoms with E-state index in [1.54, 1.807) is 0 Å². The van der Waals surface area contributed by atoms with Gasteiger partial charge in [-0.1, -0.05) is 25.7 Å². The summed E-state index contributed by atoms with van der Waals surface area (Å²) in [5.74, 6) is 0.0466. The molecule has 0 aromatic carbocycles. The predicted octanol–water partition coefficient (Wildman–Crippen LogP) is 1.78. The van der Waals surface area contributed by atoms with Crippen LogP contribution in [0.4, 0.5) is 0 Å². The molecule has 8 heteroatoms. The van der Waals surface area contributed by atoms with Crippen LogP contribution in [0.1, 0.15) is 64.2 Å². The van der Waals surface area contributed by atoms with Crippen molar-refractivity contribution < 1.29 is 13.2 Å². The molecule has 1 amide bonds. The Kier molecular flexibility index (Phi) is 9.56. The first kappa shape index (κ1) is 21.7. The second kappa shape index (κ2) is 10.6. The van der Waals surface area contributed by atoms with Crippen LogP contribution in [-0.2, 0) is 14.8 Å². The summed E-state index contributed by atoms with van der Waals surface area (Å²) in [6, 6.07) is -0.442. The lowest BCUT2D eigenvalue weighted by Gasteiger charge is -2.22. The first-order chi connectivity index (χ1) is 11.0. The number of nitrogens with zero attached hydrogens (tertiary/aromatic N) is 1. The third kappa shape index (κ3) is 6.50. The largest absolute Gasteiger partial charge is 0.341 e. The van der Waals surface area contributed by atoms with Crippen LogP contribution in [0.25, 0.3) is 0 Å². The third-order valence-electron chi connectivity index (χ3n) is 4.97. The van der Waals surface area contributed by atoms with Gasteiger partial charge >= 0.3 is 0 Å². The zero-order valence-corrected chi connectivity index (χ0v) is 16.0. The Morgan fingerprint density at radius 3 is 2.33 bits per heavy atom. The lowest BCUT2D eigenvalue weighted by atomic mass is 10.0. The number of halogens is 1. The highest BCUT2D eigenvalue weighted by atomic mass is 35.5. The van der Waals surface area contributed by atoms with Crippen LogP contribution in [0.3, 0.4) is 0 Å². The number of carbonyl (C=O) groups excluding carboxylic acids is 1. The monoisotopic (exact) mass is 381 g/mol. The quantitative estimate of drug-likeness (QED) is 0.627. The molecule has 1 saturated heterocycles. The highest BCUT2D eigenvalue weighted by molar-refractivity contribution is 7.90. The van der Waals surface area contributed by atoms with Gasteiger partial charge in [0.1, 0.15) is 0 Å². The van der Waals surface area contributed by atoms with Gasteiger partial charge in [-0.25, -0.2) is 13.1 Å². The number of sulfonamides is 1. The lowest BCUT2D eigenvalue weighted by Crippen LogP contribution is -2.42. The summed E-state index contributed by atoms with van der Waals surface area (Å²) in [5.41, 5.74) is 5.95. The van der Waals surface area contributed by atoms with Gasteiger partial charge in [0.15, 0.2) is 0 Å². The van der Waals surface area contributed by atoms with Gasteiger partial charge in [-0.15, -0.1) is 12.4 Å². The molecule has 0 aromatic rings. The Bertz CT molecular complexity index is 475. The number of amides is 1. The first-order valence-corrected chi connectivity index (χ1v) is 10.6. The molecule has 142 valence electrons. The number of likely N-dealkylation sites (tertiary alicyclic amines) is 1. The van der Waals surface area contributed by atoms with Crippen LogP contribution in [-0.4, -0.2) is 50.2 Å². The molecule has 1 heterocycles. The molecule has 1 saturated carbocycles. The van der Waals surface area contributed by atoms with Crippen molar-refractivity contribution in [2.75, 3.05) is 19.6 Å². The summed E-state index contributed by atoms with van der Waals surface area (Å²) in [6.45, 7) is 2.10. The van der Waals surface area contributed by atoms with E-state index in [1.165, 1.54) is 0 Å². The zero-order valence-electron chi connectivity index (χ0n) is 14.4. The molecule has 2 rings (SSSR count). The van der Waals surface area contributed by atoms with E-state index in [-0.39, 0.29) is 23.6 Å². The second-order valence-electron chi connectivity index (χ2n) is 6.83. The Hall–Kier alpha value is -0.370. The van der Waals surface area contributed by atoms with E-state index in [0.29, 0.717) is 13.0 Å². The summed E-state index contributed by atoms with van der Waals surface area (Å²) in [4.78, 5) is 13.9. The molecular formula is C16H32ClN3O3S. The lowest BCUT2D eigenvalue weighted by molar-refractivity contribution is -0.131. The minimum atomic E-state index is -3.17. The number of unbranched alkanes of at least 4 members (excludes halogenated alkanes) is 1. The van der Waals surface area contributed by atoms with Gasteiger partial charge in [0, 0.05) is 19.6 Å². The van der Waals surface area contributed by atoms with Crippen LogP contribution in [0.2, 0.25) is 0 Å². The topological polar surface area (TPSA) is 92.5 Å². The summed E-state index contributed by atoms with van der Waals surface area (Å²) in [6.07, 6.45) is 9.01. The fraction of sp³-hybridized carbons (Fsp3) is 0.938. The predicted molar refractivity (Wildman–Crippen MR) is 98.7 cm³/mol. The maximum absolute atomic E-state index is 12.2. The molecular weight excluding hydrogens is 350 g/mol. The summed E-state index contributed by atoms with van der Waals surface area (Å²) < 4.78 is 27.1. The van der Waals surface area contributed by atoms with Crippen LogP contribution >= 0.6 is 12.4 Å². The molecule has 0 bridgehead atoms. The van der Waals surface area contributed by atoms with E-state index in [0.717, 1.165) is 70.9 Å². The van der Waals surface area contributed by atoms with E-state index in [2.05, 4.69) is 4.72 Å². The summed E-state index contributed by atoms with van der Waals surface area (Å²) in [7, 11) is -3.17. The number of nitrogens with one attached hydrogen (secondary N) is 1. The van der Waals surface area contributed by atoms with Gasteiger partial charge in [-0.05, 0) is 38.5 Å². The van der Waals surface area contributed by atoms with Crippen molar-refractivity contribution >= 4 is 28.3 Å². The molecule has 0 spiro atoms. The van der Waals surface area contributed by atoms with Crippen molar-refractivity contribution in [1.82, 2.24) is 9.62 Å². The van der Waals surface area contributed by atoms with Crippen molar-refractivity contribution in [2.45, 2.75) is 75.5 Å². The minimum absolute atomic E-state index is 0. The molecule has 6 nitrogen and oxygen atoms in total. The van der Waals surface area contributed by atoms with Crippen molar-refractivity contribution in [3.05, 3.63) is 0 Å². The number of nitrogens with two attached hydrogens (primary N) is 1. The van der Waals surface area contributed by atoms with Crippen molar-refractivity contribution in [3.63, 3.8) is 0 Å². The molecule has 1 aliphatic carbocycles. The molecule has 24 heavy (non-hydrogen) atoms. The van der Waals surface area contributed by atoms with Gasteiger partial charge in [-0.3, -0.25) is 4.79 Å². The molecule has 0 radical (unpaired) electrons. The number of hydrogen-bond donors (Lipinski definition) is 2. The van der Waals surface area contributed by atoms with Gasteiger partial charge in [-0.2, -0.15) is 0 Å². The Morgan fingerprint density at radius 2 is 1.71 bits per heavy atom. The third-order valence-corrected chi connectivity index (χ3v) is 6.93. The van der Waals surface area contributed by atoms with Crippen LogP contribution in [0.15, 0.2) is 0 Å². The van der Waals surface area contributed by atoms with Crippen molar-refractivity contribution in [2.24, 2.45) is 5.73 Å². The average molecular weight is 382 g/mol. The maximum atomic E-state index is 12.2. The van der Waals surface area contributed by atoms with E-state index in [1.807, 2.05) is 4.90 Å². The molecule has 1 atom stereocenters. The van der Waals surface area contributed by atoms with E-state index in [9.17, 15) is 13.2 Å². The van der Waals surface area contributed by atoms with E-state index >= 15 is 0 Å². The molecule has 1 unspecified atom stereocenters. The fourth-order valence-electron chi connectivity index (χ4n) is 3.49. The smallest absolute Gasteiger partial charge is 0.239 e. The first-order valence-electron chi connectivity index (χ1n) is 9.03. The van der Waals surface area contributed by atoms with Gasteiger partial charge in [0.25, 0.3) is 0 Å². The molecule has 0 aromatic heterocycles. The number of carbonyl (C=O) groups is 1.